The summed E-state index contributed by atoms with van der Waals surface area (Å²) < 4.78 is 34.1. The smallest absolute Gasteiger partial charge is 0.252 e. The highest BCUT2D eigenvalue weighted by atomic mass is 32.2. The van der Waals surface area contributed by atoms with E-state index in [9.17, 15) is 22.8 Å². The number of imide groups is 1. The molecule has 1 fully saturated rings. The van der Waals surface area contributed by atoms with Gasteiger partial charge >= 0.3 is 0 Å². The average Bonchev–Trinajstić information content (AvgIpc) is 3.17. The van der Waals surface area contributed by atoms with Crippen LogP contribution in [0.4, 0.5) is 11.4 Å². The van der Waals surface area contributed by atoms with Crippen molar-refractivity contribution in [2.75, 3.05) is 17.3 Å². The lowest BCUT2D eigenvalue weighted by atomic mass is 10.1. The van der Waals surface area contributed by atoms with Gasteiger partial charge in [0.15, 0.2) is 0 Å². The number of hydrogen-bond acceptors (Lipinski definition) is 6. The Morgan fingerprint density at radius 2 is 1.62 bits per heavy atom. The quantitative estimate of drug-likeness (QED) is 0.452. The minimum absolute atomic E-state index is 0.0190. The molecule has 0 aromatic heterocycles. The van der Waals surface area contributed by atoms with Gasteiger partial charge < -0.3 is 10.1 Å². The number of nitrogens with one attached hydrogen (secondary N) is 1. The molecule has 0 bridgehead atoms. The molecule has 0 spiro atoms. The summed E-state index contributed by atoms with van der Waals surface area (Å²) in [6.07, 6.45) is -0.307. The molecule has 0 radical (unpaired) electrons. The number of benzene rings is 3. The standard InChI is InChI=1S/C27H27N3O6S/c1-18(20-7-5-4-6-8-20)30(37(34,35)24-15-13-23(36-3)14-16-24)25-17-26(32)29(27(25)33)22-11-9-21(10-12-22)28-19(2)31/h4-16,18,25H,17H2,1-3H3,(H,28,31). The maximum Gasteiger partial charge on any atom is 0.252 e. The van der Waals surface area contributed by atoms with Gasteiger partial charge in [-0.05, 0) is 61.0 Å². The van der Waals surface area contributed by atoms with Crippen molar-refractivity contribution < 1.29 is 27.5 Å². The van der Waals surface area contributed by atoms with Gasteiger partial charge in [0.2, 0.25) is 21.8 Å². The molecule has 192 valence electrons. The summed E-state index contributed by atoms with van der Waals surface area (Å²) in [5.74, 6) is -0.923. The fourth-order valence-electron chi connectivity index (χ4n) is 4.38. The van der Waals surface area contributed by atoms with Gasteiger partial charge in [-0.15, -0.1) is 0 Å². The maximum absolute atomic E-state index is 13.9. The summed E-state index contributed by atoms with van der Waals surface area (Å²) in [4.78, 5) is 39.0. The molecule has 1 heterocycles. The van der Waals surface area contributed by atoms with E-state index in [1.165, 1.54) is 50.4 Å². The molecule has 2 unspecified atom stereocenters. The van der Waals surface area contributed by atoms with Gasteiger partial charge in [-0.25, -0.2) is 13.3 Å². The molecule has 37 heavy (non-hydrogen) atoms. The van der Waals surface area contributed by atoms with Gasteiger partial charge in [-0.1, -0.05) is 30.3 Å². The SMILES string of the molecule is COc1ccc(S(=O)(=O)N(C2CC(=O)N(c3ccc(NC(C)=O)cc3)C2=O)C(C)c2ccccc2)cc1. The maximum atomic E-state index is 13.9. The van der Waals surface area contributed by atoms with Crippen molar-refractivity contribution >= 4 is 39.1 Å². The first-order valence-electron chi connectivity index (χ1n) is 11.6. The van der Waals surface area contributed by atoms with Crippen LogP contribution in [0.25, 0.3) is 0 Å². The Hall–Kier alpha value is -4.02. The van der Waals surface area contributed by atoms with E-state index in [-0.39, 0.29) is 17.2 Å². The second-order valence-electron chi connectivity index (χ2n) is 8.61. The van der Waals surface area contributed by atoms with Crippen molar-refractivity contribution in [1.29, 1.82) is 0 Å². The normalized spacial score (nSPS) is 16.6. The molecular weight excluding hydrogens is 494 g/mol. The van der Waals surface area contributed by atoms with Crippen LogP contribution in [-0.2, 0) is 24.4 Å². The van der Waals surface area contributed by atoms with Crippen LogP contribution in [0, 0.1) is 0 Å². The zero-order chi connectivity index (χ0) is 26.7. The summed E-state index contributed by atoms with van der Waals surface area (Å²) in [5, 5.41) is 2.63. The van der Waals surface area contributed by atoms with Crippen LogP contribution >= 0.6 is 0 Å². The van der Waals surface area contributed by atoms with Crippen LogP contribution in [0.3, 0.4) is 0 Å². The molecule has 9 nitrogen and oxygen atoms in total. The van der Waals surface area contributed by atoms with Gasteiger partial charge in [-0.3, -0.25) is 14.4 Å². The van der Waals surface area contributed by atoms with Crippen LogP contribution < -0.4 is 15.0 Å². The number of nitrogens with zero attached hydrogens (tertiary/aromatic N) is 2. The van der Waals surface area contributed by atoms with E-state index in [0.29, 0.717) is 22.7 Å². The number of carbonyl (C=O) groups is 3. The first-order valence-corrected chi connectivity index (χ1v) is 13.0. The van der Waals surface area contributed by atoms with E-state index < -0.39 is 33.9 Å². The van der Waals surface area contributed by atoms with Crippen molar-refractivity contribution in [1.82, 2.24) is 4.31 Å². The van der Waals surface area contributed by atoms with Gasteiger partial charge in [-0.2, -0.15) is 4.31 Å². The van der Waals surface area contributed by atoms with E-state index in [0.717, 1.165) is 9.21 Å². The first kappa shape index (κ1) is 26.1. The second-order valence-corrected chi connectivity index (χ2v) is 10.5. The first-order chi connectivity index (χ1) is 17.6. The molecule has 3 aromatic carbocycles. The predicted molar refractivity (Wildman–Crippen MR) is 139 cm³/mol. The molecule has 3 aromatic rings. The predicted octanol–water partition coefficient (Wildman–Crippen LogP) is 3.74. The van der Waals surface area contributed by atoms with Crippen molar-refractivity contribution in [2.45, 2.75) is 37.2 Å². The molecule has 3 amide bonds. The van der Waals surface area contributed by atoms with Crippen LogP contribution in [-0.4, -0.2) is 43.6 Å². The number of ether oxygens (including phenoxy) is 1. The monoisotopic (exact) mass is 521 g/mol. The highest BCUT2D eigenvalue weighted by Gasteiger charge is 2.48. The van der Waals surface area contributed by atoms with Crippen molar-refractivity contribution in [3.63, 3.8) is 0 Å². The van der Waals surface area contributed by atoms with Crippen LogP contribution in [0.5, 0.6) is 5.75 Å². The van der Waals surface area contributed by atoms with Crippen LogP contribution in [0.15, 0.2) is 83.8 Å². The molecule has 1 aliphatic rings. The molecule has 10 heteroatoms. The Bertz CT molecular complexity index is 1410. The Labute approximate surface area is 215 Å². The number of rotatable bonds is 8. The summed E-state index contributed by atoms with van der Waals surface area (Å²) in [6.45, 7) is 3.07. The summed E-state index contributed by atoms with van der Waals surface area (Å²) in [5.41, 5.74) is 1.48. The number of hydrogen-bond donors (Lipinski definition) is 1. The zero-order valence-corrected chi connectivity index (χ0v) is 21.4. The van der Waals surface area contributed by atoms with Gasteiger partial charge in [0, 0.05) is 18.7 Å². The summed E-state index contributed by atoms with van der Waals surface area (Å²) >= 11 is 0. The van der Waals surface area contributed by atoms with Gasteiger partial charge in [0.25, 0.3) is 5.91 Å². The Kier molecular flexibility index (Phi) is 7.42. The third kappa shape index (κ3) is 5.25. The average molecular weight is 522 g/mol. The highest BCUT2D eigenvalue weighted by molar-refractivity contribution is 7.89. The van der Waals surface area contributed by atoms with Gasteiger partial charge in [0.05, 0.1) is 24.1 Å². The topological polar surface area (TPSA) is 113 Å². The van der Waals surface area contributed by atoms with Crippen LogP contribution in [0.1, 0.15) is 31.9 Å². The fraction of sp³-hybridized carbons (Fsp3) is 0.222. The number of carbonyl (C=O) groups excluding carboxylic acids is 3. The van der Waals surface area contributed by atoms with Crippen LogP contribution in [0.2, 0.25) is 0 Å². The zero-order valence-electron chi connectivity index (χ0n) is 20.6. The Morgan fingerprint density at radius 3 is 2.19 bits per heavy atom. The van der Waals surface area contributed by atoms with E-state index >= 15 is 0 Å². The van der Waals surface area contributed by atoms with Crippen molar-refractivity contribution in [3.8, 4) is 5.75 Å². The van der Waals surface area contributed by atoms with E-state index in [4.69, 9.17) is 4.74 Å². The molecule has 1 N–H and O–H groups in total. The lowest BCUT2D eigenvalue weighted by molar-refractivity contribution is -0.122. The minimum atomic E-state index is -4.21. The third-order valence-corrected chi connectivity index (χ3v) is 8.17. The van der Waals surface area contributed by atoms with E-state index in [1.54, 1.807) is 43.3 Å². The molecule has 4 rings (SSSR count). The summed E-state index contributed by atoms with van der Waals surface area (Å²) in [7, 11) is -2.73. The molecule has 0 aliphatic carbocycles. The highest BCUT2D eigenvalue weighted by Crippen LogP contribution is 2.36. The van der Waals surface area contributed by atoms with Crippen molar-refractivity contribution in [3.05, 3.63) is 84.4 Å². The third-order valence-electron chi connectivity index (χ3n) is 6.17. The van der Waals surface area contributed by atoms with Crippen molar-refractivity contribution in [2.24, 2.45) is 0 Å². The number of methoxy groups -OCH3 is 1. The molecule has 2 atom stereocenters. The molecular formula is C27H27N3O6S. The molecule has 1 aliphatic heterocycles. The number of anilines is 2. The Balaban J connectivity index is 1.73. The second kappa shape index (κ2) is 10.5. The summed E-state index contributed by atoms with van der Waals surface area (Å²) in [6, 6.07) is 19.1. The van der Waals surface area contributed by atoms with E-state index in [2.05, 4.69) is 5.32 Å². The number of amides is 3. The molecule has 1 saturated heterocycles. The van der Waals surface area contributed by atoms with Gasteiger partial charge in [0.1, 0.15) is 11.8 Å². The number of sulfonamides is 1. The lowest BCUT2D eigenvalue weighted by Gasteiger charge is -2.32. The minimum Gasteiger partial charge on any atom is -0.497 e. The largest absolute Gasteiger partial charge is 0.497 e. The lowest BCUT2D eigenvalue weighted by Crippen LogP contribution is -2.46. The Morgan fingerprint density at radius 1 is 1.00 bits per heavy atom. The fourth-order valence-corrected chi connectivity index (χ4v) is 6.14. The van der Waals surface area contributed by atoms with E-state index in [1.807, 2.05) is 6.07 Å². The molecule has 0 saturated carbocycles.